The van der Waals surface area contributed by atoms with Gasteiger partial charge in [-0.3, -0.25) is 14.4 Å². The standard InChI is InChI=1S/C29H22FNO3/c1-16-7-8-18-11-14-24-29(27(33)21-5-3-4-6-22(21)28(29)34)25(19-9-12-20(30)13-10-19)26(17(2)32)31(24)23(18)15-16/h3-15,24-26H,1-2H3/t24-,25+,26+/m0/s1. The fraction of sp³-hybridized carbons (Fsp3) is 0.207. The van der Waals surface area contributed by atoms with Crippen LogP contribution in [0.5, 0.6) is 0 Å². The van der Waals surface area contributed by atoms with Gasteiger partial charge in [-0.25, -0.2) is 4.39 Å². The summed E-state index contributed by atoms with van der Waals surface area (Å²) in [6.45, 7) is 3.48. The van der Waals surface area contributed by atoms with Crippen molar-refractivity contribution in [2.75, 3.05) is 4.90 Å². The minimum Gasteiger partial charge on any atom is -0.352 e. The van der Waals surface area contributed by atoms with Crippen molar-refractivity contribution in [1.29, 1.82) is 0 Å². The van der Waals surface area contributed by atoms with Crippen LogP contribution >= 0.6 is 0 Å². The highest BCUT2D eigenvalue weighted by atomic mass is 19.1. The number of carbonyl (C=O) groups excluding carboxylic acids is 3. The van der Waals surface area contributed by atoms with Gasteiger partial charge in [0.05, 0.1) is 12.1 Å². The second-order valence-electron chi connectivity index (χ2n) is 9.43. The third kappa shape index (κ3) is 2.50. The molecule has 0 aromatic heterocycles. The summed E-state index contributed by atoms with van der Waals surface area (Å²) in [5.41, 5.74) is 2.62. The molecule has 3 aromatic rings. The molecule has 0 saturated carbocycles. The van der Waals surface area contributed by atoms with Gasteiger partial charge in [-0.05, 0) is 48.7 Å². The molecule has 0 bridgehead atoms. The summed E-state index contributed by atoms with van der Waals surface area (Å²) in [4.78, 5) is 43.7. The first-order valence-corrected chi connectivity index (χ1v) is 11.4. The van der Waals surface area contributed by atoms with Gasteiger partial charge in [0.1, 0.15) is 11.2 Å². The molecule has 2 aliphatic heterocycles. The third-order valence-corrected chi connectivity index (χ3v) is 7.61. The Morgan fingerprint density at radius 2 is 1.59 bits per heavy atom. The first-order valence-electron chi connectivity index (χ1n) is 11.4. The van der Waals surface area contributed by atoms with E-state index in [0.29, 0.717) is 16.7 Å². The highest BCUT2D eigenvalue weighted by Gasteiger charge is 2.71. The van der Waals surface area contributed by atoms with Crippen molar-refractivity contribution in [3.05, 3.63) is 106 Å². The zero-order chi connectivity index (χ0) is 23.8. The molecule has 5 heteroatoms. The molecule has 3 atom stereocenters. The molecule has 6 rings (SSSR count). The number of fused-ring (bicyclic) bond motifs is 5. The summed E-state index contributed by atoms with van der Waals surface area (Å²) in [5, 5.41) is 0. The average Bonchev–Trinajstić information content (AvgIpc) is 3.27. The minimum atomic E-state index is -1.52. The van der Waals surface area contributed by atoms with Gasteiger partial charge in [-0.2, -0.15) is 0 Å². The van der Waals surface area contributed by atoms with Gasteiger partial charge in [0.15, 0.2) is 17.3 Å². The molecule has 0 amide bonds. The van der Waals surface area contributed by atoms with E-state index in [4.69, 9.17) is 0 Å². The quantitative estimate of drug-likeness (QED) is 0.506. The van der Waals surface area contributed by atoms with E-state index in [9.17, 15) is 18.8 Å². The number of anilines is 1. The van der Waals surface area contributed by atoms with E-state index in [1.807, 2.05) is 42.2 Å². The van der Waals surface area contributed by atoms with Gasteiger partial charge in [0, 0.05) is 22.7 Å². The van der Waals surface area contributed by atoms with Crippen LogP contribution in [0.1, 0.15) is 50.2 Å². The lowest BCUT2D eigenvalue weighted by Crippen LogP contribution is -2.48. The second-order valence-corrected chi connectivity index (χ2v) is 9.43. The first kappa shape index (κ1) is 20.7. The van der Waals surface area contributed by atoms with Crippen LogP contribution in [0.3, 0.4) is 0 Å². The first-order chi connectivity index (χ1) is 16.4. The van der Waals surface area contributed by atoms with Crippen LogP contribution in [0.15, 0.2) is 72.8 Å². The molecule has 0 unspecified atom stereocenters. The Balaban J connectivity index is 1.69. The van der Waals surface area contributed by atoms with Crippen LogP contribution in [0.2, 0.25) is 0 Å². The summed E-state index contributed by atoms with van der Waals surface area (Å²) in [7, 11) is 0. The number of aryl methyl sites for hydroxylation is 1. The van der Waals surface area contributed by atoms with Crippen molar-refractivity contribution in [2.45, 2.75) is 31.8 Å². The van der Waals surface area contributed by atoms with E-state index < -0.39 is 29.2 Å². The van der Waals surface area contributed by atoms with Gasteiger partial charge < -0.3 is 4.90 Å². The van der Waals surface area contributed by atoms with E-state index in [0.717, 1.165) is 16.8 Å². The van der Waals surface area contributed by atoms with E-state index in [1.54, 1.807) is 36.4 Å². The van der Waals surface area contributed by atoms with Gasteiger partial charge in [0.25, 0.3) is 0 Å². The Labute approximate surface area is 196 Å². The molecule has 2 heterocycles. The number of benzene rings is 3. The maximum absolute atomic E-state index is 14.2. The fourth-order valence-electron chi connectivity index (χ4n) is 6.27. The Hall–Kier alpha value is -3.86. The molecule has 0 N–H and O–H groups in total. The molecule has 3 aromatic carbocycles. The summed E-state index contributed by atoms with van der Waals surface area (Å²) in [6.07, 6.45) is 3.82. The molecule has 1 aliphatic carbocycles. The Morgan fingerprint density at radius 1 is 0.941 bits per heavy atom. The largest absolute Gasteiger partial charge is 0.352 e. The van der Waals surface area contributed by atoms with Gasteiger partial charge in [0.2, 0.25) is 0 Å². The highest BCUT2D eigenvalue weighted by molar-refractivity contribution is 6.32. The number of Topliss-reactive ketones (excluding diaryl/α,β-unsaturated/α-hetero) is 3. The number of nitrogens with zero attached hydrogens (tertiary/aromatic N) is 1. The minimum absolute atomic E-state index is 0.143. The van der Waals surface area contributed by atoms with Crippen molar-refractivity contribution in [3.8, 4) is 0 Å². The van der Waals surface area contributed by atoms with Crippen molar-refractivity contribution in [1.82, 2.24) is 0 Å². The Morgan fingerprint density at radius 3 is 2.21 bits per heavy atom. The Kier molecular flexibility index (Phi) is 4.31. The predicted molar refractivity (Wildman–Crippen MR) is 128 cm³/mol. The number of halogens is 1. The zero-order valence-corrected chi connectivity index (χ0v) is 18.8. The molecule has 1 saturated heterocycles. The van der Waals surface area contributed by atoms with E-state index in [-0.39, 0.29) is 17.3 Å². The lowest BCUT2D eigenvalue weighted by Gasteiger charge is -2.37. The van der Waals surface area contributed by atoms with Gasteiger partial charge in [-0.15, -0.1) is 0 Å². The number of ketones is 3. The predicted octanol–water partition coefficient (Wildman–Crippen LogP) is 5.16. The maximum Gasteiger partial charge on any atom is 0.180 e. The van der Waals surface area contributed by atoms with Crippen LogP contribution in [-0.4, -0.2) is 29.4 Å². The number of carbonyl (C=O) groups is 3. The average molecular weight is 451 g/mol. The lowest BCUT2D eigenvalue weighted by molar-refractivity contribution is -0.118. The van der Waals surface area contributed by atoms with Crippen LogP contribution in [0.25, 0.3) is 6.08 Å². The van der Waals surface area contributed by atoms with Crippen LogP contribution < -0.4 is 4.90 Å². The maximum atomic E-state index is 14.2. The number of hydrogen-bond acceptors (Lipinski definition) is 4. The Bertz CT molecular complexity index is 1390. The second kappa shape index (κ2) is 7.07. The summed E-state index contributed by atoms with van der Waals surface area (Å²) < 4.78 is 13.9. The van der Waals surface area contributed by atoms with E-state index >= 15 is 0 Å². The van der Waals surface area contributed by atoms with Crippen LogP contribution in [0.4, 0.5) is 10.1 Å². The molecule has 0 radical (unpaired) electrons. The summed E-state index contributed by atoms with van der Waals surface area (Å²) in [6, 6.07) is 17.3. The van der Waals surface area contributed by atoms with Gasteiger partial charge >= 0.3 is 0 Å². The van der Waals surface area contributed by atoms with Crippen molar-refractivity contribution in [2.24, 2.45) is 5.41 Å². The summed E-state index contributed by atoms with van der Waals surface area (Å²) >= 11 is 0. The summed E-state index contributed by atoms with van der Waals surface area (Å²) in [5.74, 6) is -1.88. The van der Waals surface area contributed by atoms with Crippen molar-refractivity contribution in [3.63, 3.8) is 0 Å². The van der Waals surface area contributed by atoms with Crippen molar-refractivity contribution >= 4 is 29.1 Å². The molecule has 168 valence electrons. The molecule has 1 fully saturated rings. The zero-order valence-electron chi connectivity index (χ0n) is 18.8. The highest BCUT2D eigenvalue weighted by Crippen LogP contribution is 2.60. The van der Waals surface area contributed by atoms with Gasteiger partial charge in [-0.1, -0.05) is 60.7 Å². The normalized spacial score (nSPS) is 23.7. The SMILES string of the molecule is CC(=O)[C@@H]1[C@@H](c2ccc(F)cc2)C2(C(=O)c3ccccc3C2=O)[C@@H]2C=Cc3ccc(C)cc3N12. The fourth-order valence-corrected chi connectivity index (χ4v) is 6.27. The molecule has 3 aliphatic rings. The van der Waals surface area contributed by atoms with Crippen LogP contribution in [-0.2, 0) is 4.79 Å². The number of rotatable bonds is 2. The molecular weight excluding hydrogens is 429 g/mol. The molecular formula is C29H22FNO3. The van der Waals surface area contributed by atoms with Crippen molar-refractivity contribution < 1.29 is 18.8 Å². The van der Waals surface area contributed by atoms with E-state index in [1.165, 1.54) is 19.1 Å². The molecule has 4 nitrogen and oxygen atoms in total. The molecule has 1 spiro atoms. The van der Waals surface area contributed by atoms with Crippen LogP contribution in [0, 0.1) is 18.2 Å². The monoisotopic (exact) mass is 451 g/mol. The third-order valence-electron chi connectivity index (χ3n) is 7.61. The molecule has 34 heavy (non-hydrogen) atoms. The number of hydrogen-bond donors (Lipinski definition) is 0. The topological polar surface area (TPSA) is 54.5 Å². The van der Waals surface area contributed by atoms with E-state index in [2.05, 4.69) is 0 Å². The smallest absolute Gasteiger partial charge is 0.180 e. The lowest BCUT2D eigenvalue weighted by atomic mass is 9.64.